The largest absolute Gasteiger partial charge is 0.297 e. The molecule has 3 heterocycles. The molecule has 0 fully saturated rings. The smallest absolute Gasteiger partial charge is 0.267 e. The minimum Gasteiger partial charge on any atom is -0.297 e. The van der Waals surface area contributed by atoms with Crippen LogP contribution in [0.25, 0.3) is 9.40 Å². The van der Waals surface area contributed by atoms with Crippen molar-refractivity contribution in [1.82, 2.24) is 4.98 Å². The number of hydrogen-bond acceptors (Lipinski definition) is 5. The lowest BCUT2D eigenvalue weighted by Gasteiger charge is -1.97. The molecule has 0 aliphatic heterocycles. The van der Waals surface area contributed by atoms with Gasteiger partial charge in [0.05, 0.1) is 16.5 Å². The Balaban J connectivity index is 1.80. The summed E-state index contributed by atoms with van der Waals surface area (Å²) in [5, 5.41) is 7.25. The van der Waals surface area contributed by atoms with E-state index in [0.717, 1.165) is 15.1 Å². The van der Waals surface area contributed by atoms with Crippen LogP contribution in [0.2, 0.25) is 0 Å². The highest BCUT2D eigenvalue weighted by atomic mass is 35.5. The predicted molar refractivity (Wildman–Crippen MR) is 79.3 cm³/mol. The molecular formula is C11H7ClN2OS3. The summed E-state index contributed by atoms with van der Waals surface area (Å²) in [5.74, 6) is 0.250. The quantitative estimate of drug-likeness (QED) is 0.728. The molecule has 7 heteroatoms. The highest BCUT2D eigenvalue weighted by Gasteiger charge is 2.12. The Hall–Kier alpha value is -0.950. The average Bonchev–Trinajstić information content (AvgIpc) is 3.02. The van der Waals surface area contributed by atoms with Gasteiger partial charge in [-0.15, -0.1) is 45.6 Å². The van der Waals surface area contributed by atoms with Crippen LogP contribution in [0.3, 0.4) is 0 Å². The molecule has 18 heavy (non-hydrogen) atoms. The number of thiazole rings is 1. The third-order valence-electron chi connectivity index (χ3n) is 2.27. The third kappa shape index (κ3) is 2.29. The van der Waals surface area contributed by atoms with Crippen molar-refractivity contribution in [3.63, 3.8) is 0 Å². The number of nitrogens with one attached hydrogen (secondary N) is 1. The number of carbonyl (C=O) groups is 1. The molecule has 0 aliphatic carbocycles. The Morgan fingerprint density at radius 1 is 1.39 bits per heavy atom. The van der Waals surface area contributed by atoms with Gasteiger partial charge in [-0.2, -0.15) is 0 Å². The van der Waals surface area contributed by atoms with Gasteiger partial charge in [-0.3, -0.25) is 10.1 Å². The van der Waals surface area contributed by atoms with Crippen molar-refractivity contribution in [1.29, 1.82) is 0 Å². The zero-order chi connectivity index (χ0) is 12.5. The second kappa shape index (κ2) is 4.97. The Morgan fingerprint density at radius 2 is 2.28 bits per heavy atom. The monoisotopic (exact) mass is 314 g/mol. The number of rotatable bonds is 3. The van der Waals surface area contributed by atoms with Crippen molar-refractivity contribution >= 4 is 66.0 Å². The molecule has 0 atom stereocenters. The summed E-state index contributed by atoms with van der Waals surface area (Å²) in [6, 6.07) is 3.94. The molecule has 3 nitrogen and oxygen atoms in total. The number of nitrogens with zero attached hydrogens (tertiary/aromatic N) is 1. The minimum absolute atomic E-state index is 0.112. The lowest BCUT2D eigenvalue weighted by atomic mass is 10.4. The van der Waals surface area contributed by atoms with Gasteiger partial charge in [0, 0.05) is 14.8 Å². The number of anilines is 1. The number of amides is 1. The second-order valence-corrected chi connectivity index (χ2v) is 6.65. The number of aromatic nitrogens is 1. The number of thiophene rings is 2. The van der Waals surface area contributed by atoms with Crippen molar-refractivity contribution < 1.29 is 4.79 Å². The zero-order valence-corrected chi connectivity index (χ0v) is 12.2. The normalized spacial score (nSPS) is 10.9. The molecule has 1 amide bonds. The number of fused-ring (bicyclic) bond motifs is 1. The van der Waals surface area contributed by atoms with E-state index in [9.17, 15) is 4.79 Å². The first-order valence-electron chi connectivity index (χ1n) is 5.05. The Bertz CT molecular complexity index is 671. The molecule has 0 aliphatic rings. The maximum Gasteiger partial charge on any atom is 0.267 e. The van der Waals surface area contributed by atoms with Crippen LogP contribution < -0.4 is 5.32 Å². The van der Waals surface area contributed by atoms with Crippen LogP contribution in [-0.2, 0) is 5.88 Å². The van der Waals surface area contributed by atoms with Crippen molar-refractivity contribution in [2.24, 2.45) is 0 Å². The standard InChI is InChI=1S/C11H7ClN2OS3/c12-4-6-5-17-11(13-6)14-10(15)9-3-8-7(18-9)1-2-16-8/h1-3,5H,4H2,(H,13,14,15). The van der Waals surface area contributed by atoms with E-state index in [1.54, 1.807) is 11.3 Å². The number of carbonyl (C=O) groups excluding carboxylic acids is 1. The Kier molecular flexibility index (Phi) is 3.34. The maximum absolute atomic E-state index is 12.0. The molecule has 3 rings (SSSR count). The lowest BCUT2D eigenvalue weighted by molar-refractivity contribution is 0.103. The average molecular weight is 315 g/mol. The fourth-order valence-electron chi connectivity index (χ4n) is 1.46. The molecule has 0 saturated heterocycles. The SMILES string of the molecule is O=C(Nc1nc(CCl)cs1)c1cc2sccc2s1. The van der Waals surface area contributed by atoms with E-state index in [2.05, 4.69) is 10.3 Å². The van der Waals surface area contributed by atoms with Gasteiger partial charge >= 0.3 is 0 Å². The minimum atomic E-state index is -0.112. The van der Waals surface area contributed by atoms with Gasteiger partial charge in [0.2, 0.25) is 0 Å². The van der Waals surface area contributed by atoms with E-state index < -0.39 is 0 Å². The predicted octanol–water partition coefficient (Wildman–Crippen LogP) is 4.41. The van der Waals surface area contributed by atoms with Crippen LogP contribution in [0, 0.1) is 0 Å². The van der Waals surface area contributed by atoms with Gasteiger partial charge < -0.3 is 0 Å². The first kappa shape index (κ1) is 12.1. The van der Waals surface area contributed by atoms with Crippen LogP contribution >= 0.6 is 45.6 Å². The summed E-state index contributed by atoms with van der Waals surface area (Å²) in [6.07, 6.45) is 0. The summed E-state index contributed by atoms with van der Waals surface area (Å²) < 4.78 is 2.29. The van der Waals surface area contributed by atoms with Gasteiger partial charge in [0.1, 0.15) is 0 Å². The van der Waals surface area contributed by atoms with E-state index in [4.69, 9.17) is 11.6 Å². The zero-order valence-electron chi connectivity index (χ0n) is 8.97. The molecular weight excluding hydrogens is 308 g/mol. The highest BCUT2D eigenvalue weighted by molar-refractivity contribution is 7.28. The van der Waals surface area contributed by atoms with Crippen molar-refractivity contribution in [3.8, 4) is 0 Å². The second-order valence-electron chi connectivity index (χ2n) is 3.49. The van der Waals surface area contributed by atoms with Gasteiger partial charge in [-0.25, -0.2) is 4.98 Å². The van der Waals surface area contributed by atoms with Crippen molar-refractivity contribution in [2.75, 3.05) is 5.32 Å². The Labute approximate surface area is 120 Å². The first-order valence-corrected chi connectivity index (χ1v) is 8.16. The van der Waals surface area contributed by atoms with Crippen LogP contribution in [0.5, 0.6) is 0 Å². The summed E-state index contributed by atoms with van der Waals surface area (Å²) in [7, 11) is 0. The molecule has 0 radical (unpaired) electrons. The summed E-state index contributed by atoms with van der Waals surface area (Å²) in [4.78, 5) is 16.9. The topological polar surface area (TPSA) is 42.0 Å². The molecule has 92 valence electrons. The lowest BCUT2D eigenvalue weighted by Crippen LogP contribution is -2.09. The fraction of sp³-hybridized carbons (Fsp3) is 0.0909. The molecule has 0 spiro atoms. The van der Waals surface area contributed by atoms with Gasteiger partial charge in [0.25, 0.3) is 5.91 Å². The summed E-state index contributed by atoms with van der Waals surface area (Å²) in [6.45, 7) is 0. The number of halogens is 1. The molecule has 1 N–H and O–H groups in total. The maximum atomic E-state index is 12.0. The highest BCUT2D eigenvalue weighted by Crippen LogP contribution is 2.30. The van der Waals surface area contributed by atoms with Gasteiger partial charge in [-0.1, -0.05) is 0 Å². The first-order chi connectivity index (χ1) is 8.76. The molecule has 0 saturated carbocycles. The van der Waals surface area contributed by atoms with E-state index >= 15 is 0 Å². The van der Waals surface area contributed by atoms with E-state index in [-0.39, 0.29) is 5.91 Å². The molecule has 0 unspecified atom stereocenters. The van der Waals surface area contributed by atoms with Crippen LogP contribution in [0.15, 0.2) is 22.9 Å². The molecule has 3 aromatic heterocycles. The molecule has 0 aromatic carbocycles. The molecule has 3 aromatic rings. The Morgan fingerprint density at radius 3 is 3.00 bits per heavy atom. The number of alkyl halides is 1. The van der Waals surface area contributed by atoms with Gasteiger partial charge in [0.15, 0.2) is 5.13 Å². The van der Waals surface area contributed by atoms with Crippen molar-refractivity contribution in [2.45, 2.75) is 5.88 Å². The molecule has 0 bridgehead atoms. The third-order valence-corrected chi connectivity index (χ3v) is 5.44. The van der Waals surface area contributed by atoms with Gasteiger partial charge in [-0.05, 0) is 17.5 Å². The number of hydrogen-bond donors (Lipinski definition) is 1. The van der Waals surface area contributed by atoms with E-state index in [0.29, 0.717) is 15.9 Å². The summed E-state index contributed by atoms with van der Waals surface area (Å²) in [5.41, 5.74) is 0.782. The van der Waals surface area contributed by atoms with E-state index in [1.807, 2.05) is 22.9 Å². The fourth-order valence-corrected chi connectivity index (χ4v) is 4.40. The van der Waals surface area contributed by atoms with E-state index in [1.165, 1.54) is 22.7 Å². The van der Waals surface area contributed by atoms with Crippen LogP contribution in [-0.4, -0.2) is 10.9 Å². The summed E-state index contributed by atoms with van der Waals surface area (Å²) >= 11 is 10.2. The van der Waals surface area contributed by atoms with Crippen molar-refractivity contribution in [3.05, 3.63) is 33.5 Å². The van der Waals surface area contributed by atoms with Crippen LogP contribution in [0.1, 0.15) is 15.4 Å². The van der Waals surface area contributed by atoms with Crippen LogP contribution in [0.4, 0.5) is 5.13 Å².